The maximum Gasteiger partial charge on any atom is 0.229 e. The first-order chi connectivity index (χ1) is 9.11. The zero-order valence-corrected chi connectivity index (χ0v) is 12.0. The van der Waals surface area contributed by atoms with Crippen molar-refractivity contribution in [2.24, 2.45) is 5.92 Å². The van der Waals surface area contributed by atoms with Crippen LogP contribution in [0.25, 0.3) is 0 Å². The molecule has 19 heavy (non-hydrogen) atoms. The highest BCUT2D eigenvalue weighted by Gasteiger charge is 2.31. The predicted octanol–water partition coefficient (Wildman–Crippen LogP) is 2.49. The van der Waals surface area contributed by atoms with Crippen molar-refractivity contribution in [3.8, 4) is 0 Å². The van der Waals surface area contributed by atoms with E-state index in [2.05, 4.69) is 12.6 Å². The molecule has 0 bridgehead atoms. The van der Waals surface area contributed by atoms with Crippen molar-refractivity contribution >= 4 is 24.4 Å². The number of imide groups is 1. The summed E-state index contributed by atoms with van der Waals surface area (Å²) in [4.78, 5) is 25.4. The minimum atomic E-state index is -0.0496. The fourth-order valence-corrected chi connectivity index (χ4v) is 2.77. The summed E-state index contributed by atoms with van der Waals surface area (Å²) in [6.07, 6.45) is 0.944. The third-order valence-corrected chi connectivity index (χ3v) is 3.98. The van der Waals surface area contributed by atoms with Gasteiger partial charge in [-0.05, 0) is 17.2 Å². The average Bonchev–Trinajstić information content (AvgIpc) is 2.39. The van der Waals surface area contributed by atoms with Crippen LogP contribution in [-0.2, 0) is 9.59 Å². The highest BCUT2D eigenvalue weighted by Crippen LogP contribution is 2.24. The molecule has 2 amide bonds. The molecule has 102 valence electrons. The van der Waals surface area contributed by atoms with E-state index in [1.54, 1.807) is 0 Å². The van der Waals surface area contributed by atoms with E-state index in [9.17, 15) is 9.59 Å². The maximum atomic E-state index is 12.0. The van der Waals surface area contributed by atoms with Crippen LogP contribution in [0, 0.1) is 5.92 Å². The topological polar surface area (TPSA) is 37.4 Å². The van der Waals surface area contributed by atoms with Gasteiger partial charge < -0.3 is 0 Å². The molecule has 1 aromatic carbocycles. The molecule has 1 aliphatic rings. The molecule has 4 heteroatoms. The Morgan fingerprint density at radius 1 is 1.21 bits per heavy atom. The summed E-state index contributed by atoms with van der Waals surface area (Å²) < 4.78 is 0. The molecule has 1 heterocycles. The lowest BCUT2D eigenvalue weighted by molar-refractivity contribution is -0.149. The van der Waals surface area contributed by atoms with Crippen molar-refractivity contribution in [2.75, 3.05) is 12.3 Å². The smallest absolute Gasteiger partial charge is 0.229 e. The Labute approximate surface area is 119 Å². The van der Waals surface area contributed by atoms with Gasteiger partial charge in [-0.15, -0.1) is 0 Å². The number of hydrogen-bond donors (Lipinski definition) is 1. The number of nitrogens with zero attached hydrogens (tertiary/aromatic N) is 1. The van der Waals surface area contributed by atoms with Gasteiger partial charge >= 0.3 is 0 Å². The summed E-state index contributed by atoms with van der Waals surface area (Å²) >= 11 is 4.35. The molecule has 3 nitrogen and oxygen atoms in total. The van der Waals surface area contributed by atoms with Gasteiger partial charge in [-0.3, -0.25) is 14.5 Å². The lowest BCUT2D eigenvalue weighted by Gasteiger charge is -2.31. The van der Waals surface area contributed by atoms with Crippen LogP contribution in [0.2, 0.25) is 0 Å². The molecule has 0 saturated carbocycles. The van der Waals surface area contributed by atoms with Crippen LogP contribution in [0.5, 0.6) is 0 Å². The van der Waals surface area contributed by atoms with E-state index in [1.807, 2.05) is 37.3 Å². The van der Waals surface area contributed by atoms with Gasteiger partial charge in [0.15, 0.2) is 0 Å². The number of thiol groups is 1. The second-order valence-corrected chi connectivity index (χ2v) is 5.57. The second kappa shape index (κ2) is 6.24. The number of piperidine rings is 1. The predicted molar refractivity (Wildman–Crippen MR) is 78.2 cm³/mol. The third kappa shape index (κ3) is 3.38. The van der Waals surface area contributed by atoms with Crippen LogP contribution in [-0.4, -0.2) is 29.0 Å². The minimum absolute atomic E-state index is 0.0496. The first-order valence-electron chi connectivity index (χ1n) is 6.60. The number of rotatable bonds is 4. The zero-order valence-electron chi connectivity index (χ0n) is 11.1. The summed E-state index contributed by atoms with van der Waals surface area (Å²) in [6.45, 7) is 2.39. The highest BCUT2D eigenvalue weighted by atomic mass is 32.1. The zero-order chi connectivity index (χ0) is 13.8. The minimum Gasteiger partial charge on any atom is -0.282 e. The number of likely N-dealkylation sites (tertiary alicyclic amines) is 1. The van der Waals surface area contributed by atoms with E-state index >= 15 is 0 Å². The fourth-order valence-electron chi connectivity index (χ4n) is 2.45. The van der Waals surface area contributed by atoms with E-state index in [-0.39, 0.29) is 23.7 Å². The van der Waals surface area contributed by atoms with Crippen LogP contribution in [0.1, 0.15) is 31.2 Å². The molecular weight excluding hydrogens is 258 g/mol. The van der Waals surface area contributed by atoms with E-state index in [0.29, 0.717) is 25.1 Å². The number of carbonyl (C=O) groups is 2. The van der Waals surface area contributed by atoms with Crippen LogP contribution in [0.4, 0.5) is 0 Å². The number of hydrogen-bond acceptors (Lipinski definition) is 3. The van der Waals surface area contributed by atoms with E-state index < -0.39 is 0 Å². The van der Waals surface area contributed by atoms with Gasteiger partial charge in [-0.25, -0.2) is 0 Å². The SMILES string of the molecule is CC1CC(=O)N(CC(CS)c2ccccc2)C(=O)C1. The van der Waals surface area contributed by atoms with Crippen molar-refractivity contribution in [1.82, 2.24) is 4.90 Å². The molecular formula is C15H19NO2S. The normalized spacial score (nSPS) is 18.7. The summed E-state index contributed by atoms with van der Waals surface area (Å²) in [5.41, 5.74) is 1.12. The first-order valence-corrected chi connectivity index (χ1v) is 7.24. The Morgan fingerprint density at radius 3 is 2.32 bits per heavy atom. The van der Waals surface area contributed by atoms with E-state index in [4.69, 9.17) is 0 Å². The van der Waals surface area contributed by atoms with Crippen molar-refractivity contribution in [3.63, 3.8) is 0 Å². The van der Waals surface area contributed by atoms with Gasteiger partial charge in [0.05, 0.1) is 0 Å². The van der Waals surface area contributed by atoms with Gasteiger partial charge in [0.2, 0.25) is 11.8 Å². The maximum absolute atomic E-state index is 12.0. The van der Waals surface area contributed by atoms with Crippen LogP contribution >= 0.6 is 12.6 Å². The number of amides is 2. The van der Waals surface area contributed by atoms with Gasteiger partial charge in [0.1, 0.15) is 0 Å². The molecule has 1 atom stereocenters. The molecule has 1 unspecified atom stereocenters. The van der Waals surface area contributed by atoms with Crippen LogP contribution < -0.4 is 0 Å². The molecule has 0 aromatic heterocycles. The number of benzene rings is 1. The standard InChI is InChI=1S/C15H19NO2S/c1-11-7-14(17)16(15(18)8-11)9-13(10-19)12-5-3-2-4-6-12/h2-6,11,13,19H,7-10H2,1H3. The second-order valence-electron chi connectivity index (χ2n) is 5.20. The largest absolute Gasteiger partial charge is 0.282 e. The molecule has 0 aliphatic carbocycles. The van der Waals surface area contributed by atoms with Gasteiger partial charge in [-0.1, -0.05) is 37.3 Å². The fraction of sp³-hybridized carbons (Fsp3) is 0.467. The molecule has 0 radical (unpaired) electrons. The Hall–Kier alpha value is -1.29. The summed E-state index contributed by atoms with van der Waals surface area (Å²) in [6, 6.07) is 9.92. The molecule has 0 spiro atoms. The summed E-state index contributed by atoms with van der Waals surface area (Å²) in [5.74, 6) is 0.794. The lowest BCUT2D eigenvalue weighted by Crippen LogP contribution is -2.44. The molecule has 0 N–H and O–H groups in total. The van der Waals surface area contributed by atoms with Crippen molar-refractivity contribution < 1.29 is 9.59 Å². The van der Waals surface area contributed by atoms with Crippen molar-refractivity contribution in [2.45, 2.75) is 25.7 Å². The highest BCUT2D eigenvalue weighted by molar-refractivity contribution is 7.80. The van der Waals surface area contributed by atoms with Gasteiger partial charge in [-0.2, -0.15) is 12.6 Å². The number of carbonyl (C=O) groups excluding carboxylic acids is 2. The Balaban J connectivity index is 2.10. The van der Waals surface area contributed by atoms with Crippen LogP contribution in [0.15, 0.2) is 30.3 Å². The molecule has 2 rings (SSSR count). The molecule has 1 fully saturated rings. The molecule has 1 aromatic rings. The Kier molecular flexibility index (Phi) is 4.64. The summed E-state index contributed by atoms with van der Waals surface area (Å²) in [7, 11) is 0. The average molecular weight is 277 g/mol. The Morgan fingerprint density at radius 2 is 1.79 bits per heavy atom. The summed E-state index contributed by atoms with van der Waals surface area (Å²) in [5, 5.41) is 0. The van der Waals surface area contributed by atoms with Gasteiger partial charge in [0.25, 0.3) is 0 Å². The lowest BCUT2D eigenvalue weighted by atomic mass is 9.95. The molecule has 1 aliphatic heterocycles. The molecule has 1 saturated heterocycles. The first kappa shape index (κ1) is 14.1. The monoisotopic (exact) mass is 277 g/mol. The Bertz CT molecular complexity index is 442. The quantitative estimate of drug-likeness (QED) is 0.678. The van der Waals surface area contributed by atoms with Crippen molar-refractivity contribution in [1.29, 1.82) is 0 Å². The van der Waals surface area contributed by atoms with E-state index in [0.717, 1.165) is 5.56 Å². The van der Waals surface area contributed by atoms with Crippen LogP contribution in [0.3, 0.4) is 0 Å². The van der Waals surface area contributed by atoms with Gasteiger partial charge in [0, 0.05) is 25.3 Å². The van der Waals surface area contributed by atoms with E-state index in [1.165, 1.54) is 4.90 Å². The van der Waals surface area contributed by atoms with Crippen molar-refractivity contribution in [3.05, 3.63) is 35.9 Å². The third-order valence-electron chi connectivity index (χ3n) is 3.54.